The lowest BCUT2D eigenvalue weighted by Gasteiger charge is -2.23. The summed E-state index contributed by atoms with van der Waals surface area (Å²) in [5.41, 5.74) is 1.13. The van der Waals surface area contributed by atoms with Gasteiger partial charge in [0.15, 0.2) is 5.82 Å². The number of nitrogens with one attached hydrogen (secondary N) is 1. The number of methoxy groups -OCH3 is 2. The monoisotopic (exact) mass is 415 g/mol. The van der Waals surface area contributed by atoms with E-state index in [1.54, 1.807) is 14.2 Å². The largest absolute Gasteiger partial charge is 0.497 e. The van der Waals surface area contributed by atoms with Crippen LogP contribution in [-0.4, -0.2) is 52.9 Å². The van der Waals surface area contributed by atoms with E-state index >= 15 is 0 Å². The number of carbonyl (C=O) groups is 1. The van der Waals surface area contributed by atoms with Crippen molar-refractivity contribution in [1.82, 2.24) is 25.0 Å². The number of aromatic nitrogens is 3. The molecule has 30 heavy (non-hydrogen) atoms. The second kappa shape index (κ2) is 9.93. The van der Waals surface area contributed by atoms with Crippen LogP contribution >= 0.6 is 0 Å². The first-order valence-corrected chi connectivity index (χ1v) is 10.6. The van der Waals surface area contributed by atoms with Gasteiger partial charge < -0.3 is 19.4 Å². The van der Waals surface area contributed by atoms with Crippen molar-refractivity contribution >= 4 is 5.91 Å². The molecule has 2 aromatic rings. The van der Waals surface area contributed by atoms with E-state index in [2.05, 4.69) is 44.9 Å². The van der Waals surface area contributed by atoms with Crippen LogP contribution in [0.1, 0.15) is 50.4 Å². The van der Waals surface area contributed by atoms with Gasteiger partial charge in [0, 0.05) is 50.7 Å². The van der Waals surface area contributed by atoms with Gasteiger partial charge in [-0.1, -0.05) is 26.8 Å². The normalized spacial score (nSPS) is 15.4. The van der Waals surface area contributed by atoms with Crippen LogP contribution in [0.4, 0.5) is 0 Å². The zero-order valence-electron chi connectivity index (χ0n) is 18.6. The van der Waals surface area contributed by atoms with E-state index in [9.17, 15) is 4.79 Å². The maximum Gasteiger partial charge on any atom is 0.220 e. The molecule has 1 atom stereocenters. The summed E-state index contributed by atoms with van der Waals surface area (Å²) in [4.78, 5) is 14.4. The zero-order chi connectivity index (χ0) is 21.7. The number of benzene rings is 1. The molecule has 3 rings (SSSR count). The molecule has 1 aliphatic rings. The SMILES string of the molecule is CCC(=O)N[C@H](c1nnc2n1CCN(Cc1ccc(OC)cc1OC)CC2)C(C)C. The first-order valence-electron chi connectivity index (χ1n) is 10.6. The lowest BCUT2D eigenvalue weighted by Crippen LogP contribution is -2.34. The summed E-state index contributed by atoms with van der Waals surface area (Å²) in [6.45, 7) is 9.41. The van der Waals surface area contributed by atoms with E-state index in [4.69, 9.17) is 9.47 Å². The fraction of sp³-hybridized carbons (Fsp3) is 0.591. The molecule has 8 heteroatoms. The second-order valence-corrected chi connectivity index (χ2v) is 7.97. The Morgan fingerprint density at radius 1 is 1.17 bits per heavy atom. The van der Waals surface area contributed by atoms with Gasteiger partial charge >= 0.3 is 0 Å². The third-order valence-electron chi connectivity index (χ3n) is 5.62. The topological polar surface area (TPSA) is 81.5 Å². The number of fused-ring (bicyclic) bond motifs is 1. The molecular formula is C22H33N5O3. The van der Waals surface area contributed by atoms with Crippen molar-refractivity contribution in [2.75, 3.05) is 27.3 Å². The van der Waals surface area contributed by atoms with Gasteiger partial charge in [0.05, 0.1) is 20.3 Å². The Morgan fingerprint density at radius 2 is 1.97 bits per heavy atom. The van der Waals surface area contributed by atoms with Crippen LogP contribution in [0.5, 0.6) is 11.5 Å². The van der Waals surface area contributed by atoms with Crippen molar-refractivity contribution in [3.63, 3.8) is 0 Å². The first kappa shape index (κ1) is 22.1. The smallest absolute Gasteiger partial charge is 0.220 e. The average Bonchev–Trinajstić information content (AvgIpc) is 3.05. The molecule has 0 saturated heterocycles. The van der Waals surface area contributed by atoms with Gasteiger partial charge in [-0.3, -0.25) is 9.69 Å². The molecule has 1 N–H and O–H groups in total. The standard InChI is InChI=1S/C22H33N5O3/c1-6-20(28)23-21(15(2)3)22-25-24-19-9-10-26(11-12-27(19)22)14-16-7-8-17(29-4)13-18(16)30-5/h7-8,13,15,21H,6,9-12,14H2,1-5H3,(H,23,28)/t21-/m0/s1. The Kier molecular flexibility index (Phi) is 7.31. The molecule has 1 aliphatic heterocycles. The summed E-state index contributed by atoms with van der Waals surface area (Å²) in [6, 6.07) is 5.81. The van der Waals surface area contributed by atoms with Gasteiger partial charge in [-0.2, -0.15) is 0 Å². The van der Waals surface area contributed by atoms with Crippen LogP contribution in [0.3, 0.4) is 0 Å². The number of hydrogen-bond donors (Lipinski definition) is 1. The van der Waals surface area contributed by atoms with Crippen LogP contribution in [0.25, 0.3) is 0 Å². The highest BCUT2D eigenvalue weighted by Crippen LogP contribution is 2.27. The van der Waals surface area contributed by atoms with E-state index in [1.807, 2.05) is 19.1 Å². The third-order valence-corrected chi connectivity index (χ3v) is 5.62. The van der Waals surface area contributed by atoms with Gasteiger partial charge in [0.1, 0.15) is 17.3 Å². The zero-order valence-corrected chi connectivity index (χ0v) is 18.6. The maximum atomic E-state index is 12.0. The van der Waals surface area contributed by atoms with Crippen LogP contribution in [0.2, 0.25) is 0 Å². The third kappa shape index (κ3) is 4.92. The molecule has 164 valence electrons. The van der Waals surface area contributed by atoms with Crippen molar-refractivity contribution in [3.05, 3.63) is 35.4 Å². The molecule has 0 spiro atoms. The molecule has 1 aromatic carbocycles. The minimum atomic E-state index is -0.132. The van der Waals surface area contributed by atoms with E-state index in [1.165, 1.54) is 0 Å². The predicted molar refractivity (Wildman–Crippen MR) is 115 cm³/mol. The van der Waals surface area contributed by atoms with Crippen LogP contribution in [0, 0.1) is 5.92 Å². The highest BCUT2D eigenvalue weighted by atomic mass is 16.5. The van der Waals surface area contributed by atoms with E-state index in [-0.39, 0.29) is 17.9 Å². The predicted octanol–water partition coefficient (Wildman–Crippen LogP) is 2.58. The highest BCUT2D eigenvalue weighted by molar-refractivity contribution is 5.75. The van der Waals surface area contributed by atoms with E-state index in [0.717, 1.165) is 61.3 Å². The minimum absolute atomic E-state index is 0.0351. The fourth-order valence-corrected chi connectivity index (χ4v) is 3.81. The number of rotatable bonds is 8. The number of carbonyl (C=O) groups excluding carboxylic acids is 1. The molecular weight excluding hydrogens is 382 g/mol. The maximum absolute atomic E-state index is 12.0. The fourth-order valence-electron chi connectivity index (χ4n) is 3.81. The summed E-state index contributed by atoms with van der Waals surface area (Å²) < 4.78 is 13.0. The van der Waals surface area contributed by atoms with E-state index < -0.39 is 0 Å². The Hall–Kier alpha value is -2.61. The molecule has 0 radical (unpaired) electrons. The number of hydrogen-bond acceptors (Lipinski definition) is 6. The van der Waals surface area contributed by atoms with Crippen molar-refractivity contribution in [1.29, 1.82) is 0 Å². The molecule has 1 amide bonds. The minimum Gasteiger partial charge on any atom is -0.497 e. The molecule has 0 unspecified atom stereocenters. The van der Waals surface area contributed by atoms with Crippen molar-refractivity contribution in [2.24, 2.45) is 5.92 Å². The lowest BCUT2D eigenvalue weighted by molar-refractivity contribution is -0.121. The molecule has 0 bridgehead atoms. The summed E-state index contributed by atoms with van der Waals surface area (Å²) in [5, 5.41) is 12.0. The number of amides is 1. The van der Waals surface area contributed by atoms with Gasteiger partial charge in [-0.15, -0.1) is 10.2 Å². The van der Waals surface area contributed by atoms with Gasteiger partial charge in [0.25, 0.3) is 0 Å². The summed E-state index contributed by atoms with van der Waals surface area (Å²) >= 11 is 0. The average molecular weight is 416 g/mol. The molecule has 1 aromatic heterocycles. The molecule has 2 heterocycles. The molecule has 0 saturated carbocycles. The van der Waals surface area contributed by atoms with Crippen LogP contribution in [0.15, 0.2) is 18.2 Å². The number of nitrogens with zero attached hydrogens (tertiary/aromatic N) is 4. The Balaban J connectivity index is 1.74. The Morgan fingerprint density at radius 3 is 2.63 bits per heavy atom. The van der Waals surface area contributed by atoms with Crippen molar-refractivity contribution in [2.45, 2.75) is 52.7 Å². The molecule has 8 nitrogen and oxygen atoms in total. The number of ether oxygens (including phenoxy) is 2. The molecule has 0 fully saturated rings. The summed E-state index contributed by atoms with van der Waals surface area (Å²) in [5.74, 6) is 3.72. The summed E-state index contributed by atoms with van der Waals surface area (Å²) in [7, 11) is 3.34. The second-order valence-electron chi connectivity index (χ2n) is 7.97. The summed E-state index contributed by atoms with van der Waals surface area (Å²) in [6.07, 6.45) is 1.28. The van der Waals surface area contributed by atoms with Gasteiger partial charge in [-0.05, 0) is 12.0 Å². The lowest BCUT2D eigenvalue weighted by atomic mass is 10.0. The highest BCUT2D eigenvalue weighted by Gasteiger charge is 2.27. The Bertz CT molecular complexity index is 864. The van der Waals surface area contributed by atoms with Crippen molar-refractivity contribution < 1.29 is 14.3 Å². The quantitative estimate of drug-likeness (QED) is 0.714. The first-order chi connectivity index (χ1) is 14.5. The van der Waals surface area contributed by atoms with Gasteiger partial charge in [-0.25, -0.2) is 0 Å². The Labute approximate surface area is 178 Å². The van der Waals surface area contributed by atoms with Crippen molar-refractivity contribution in [3.8, 4) is 11.5 Å². The van der Waals surface area contributed by atoms with Crippen LogP contribution < -0.4 is 14.8 Å². The van der Waals surface area contributed by atoms with Gasteiger partial charge in [0.2, 0.25) is 5.91 Å². The van der Waals surface area contributed by atoms with E-state index in [0.29, 0.717) is 6.42 Å². The molecule has 0 aliphatic carbocycles. The van der Waals surface area contributed by atoms with Crippen LogP contribution in [-0.2, 0) is 24.3 Å².